The number of aliphatic carboxylic acids is 1. The number of nitrogens with one attached hydrogen (secondary N) is 1. The highest BCUT2D eigenvalue weighted by Gasteiger charge is 2.32. The van der Waals surface area contributed by atoms with E-state index in [1.54, 1.807) is 12.1 Å². The van der Waals surface area contributed by atoms with E-state index in [1.165, 1.54) is 18.0 Å². The third-order valence-corrected chi connectivity index (χ3v) is 9.00. The minimum atomic E-state index is -0.852. The monoisotopic (exact) mass is 642 g/mol. The molecule has 1 fully saturated rings. The van der Waals surface area contributed by atoms with E-state index in [0.29, 0.717) is 43.0 Å². The number of rotatable bonds is 14. The van der Waals surface area contributed by atoms with Crippen LogP contribution in [-0.2, 0) is 32.2 Å². The molecule has 0 bridgehead atoms. The third-order valence-electron chi connectivity index (χ3n) is 7.85. The Bertz CT molecular complexity index is 1600. The normalized spacial score (nSPS) is 17.8. The maximum atomic E-state index is 12.3. The van der Waals surface area contributed by atoms with Gasteiger partial charge in [0.1, 0.15) is 0 Å². The van der Waals surface area contributed by atoms with Crippen LogP contribution in [0.1, 0.15) is 66.8 Å². The summed E-state index contributed by atoms with van der Waals surface area (Å²) in [5, 5.41) is 34.1. The summed E-state index contributed by atoms with van der Waals surface area (Å²) in [4.78, 5) is 23.0. The summed E-state index contributed by atoms with van der Waals surface area (Å²) in [5.41, 5.74) is 5.64. The number of carboxylic acid groups (broad SMARTS) is 1. The standard InChI is InChI=1S/C36H38N2O7S/c39-23-25-12-14-27(15-13-25)32-21-30(24-46-34-10-5-6-20-38(34)43)44-36(45-32)28-18-16-26(17-19-28)31-8-2-1-7-29(31)22-37-33(40)9-3-4-11-35(41)42/h1-2,5-8,10,12-20,30,32,36,39H,3-4,9,11,21-24H2,(H,37,40)(H,41,42)/t30-,32+,36+/m0/s1. The molecule has 46 heavy (non-hydrogen) atoms. The van der Waals surface area contributed by atoms with Gasteiger partial charge in [0.2, 0.25) is 5.91 Å². The van der Waals surface area contributed by atoms with E-state index >= 15 is 0 Å². The Labute approximate surface area is 272 Å². The number of carbonyl (C=O) groups excluding carboxylic acids is 1. The molecule has 1 aliphatic rings. The minimum absolute atomic E-state index is 0.0283. The number of benzene rings is 3. The lowest BCUT2D eigenvalue weighted by Crippen LogP contribution is -2.32. The summed E-state index contributed by atoms with van der Waals surface area (Å²) in [6.45, 7) is 0.338. The molecule has 0 radical (unpaired) electrons. The molecule has 3 aromatic carbocycles. The number of carboxylic acids is 1. The Morgan fingerprint density at radius 3 is 2.35 bits per heavy atom. The first-order valence-corrected chi connectivity index (χ1v) is 16.4. The van der Waals surface area contributed by atoms with Crippen LogP contribution in [0.15, 0.2) is 102 Å². The molecular formula is C36H38N2O7S. The molecule has 0 aliphatic carbocycles. The van der Waals surface area contributed by atoms with Gasteiger partial charge in [-0.05, 0) is 46.7 Å². The number of aliphatic hydroxyl groups excluding tert-OH is 1. The van der Waals surface area contributed by atoms with Crippen LogP contribution in [0.4, 0.5) is 0 Å². The first-order valence-electron chi connectivity index (χ1n) is 15.4. The van der Waals surface area contributed by atoms with Crippen LogP contribution in [0.2, 0.25) is 0 Å². The molecule has 10 heteroatoms. The smallest absolute Gasteiger partial charge is 0.303 e. The number of hydrogen-bond acceptors (Lipinski definition) is 7. The Morgan fingerprint density at radius 1 is 0.891 bits per heavy atom. The number of hydrogen-bond donors (Lipinski definition) is 3. The highest BCUT2D eigenvalue weighted by molar-refractivity contribution is 7.99. The van der Waals surface area contributed by atoms with E-state index in [4.69, 9.17) is 14.6 Å². The fraction of sp³-hybridized carbons (Fsp3) is 0.306. The molecule has 5 rings (SSSR count). The van der Waals surface area contributed by atoms with Gasteiger partial charge in [-0.1, -0.05) is 84.6 Å². The van der Waals surface area contributed by atoms with Crippen molar-refractivity contribution in [2.45, 2.75) is 68.8 Å². The van der Waals surface area contributed by atoms with Crippen molar-refractivity contribution in [1.29, 1.82) is 0 Å². The quantitative estimate of drug-likeness (QED) is 0.0653. The van der Waals surface area contributed by atoms with Crippen molar-refractivity contribution in [2.75, 3.05) is 5.75 Å². The summed E-state index contributed by atoms with van der Waals surface area (Å²) in [5.74, 6) is -0.378. The van der Waals surface area contributed by atoms with Crippen LogP contribution >= 0.6 is 11.8 Å². The number of thioether (sulfide) groups is 1. The van der Waals surface area contributed by atoms with Gasteiger partial charge in [-0.25, -0.2) is 0 Å². The molecule has 3 N–H and O–H groups in total. The second kappa shape index (κ2) is 16.4. The van der Waals surface area contributed by atoms with Gasteiger partial charge in [0.15, 0.2) is 12.5 Å². The van der Waals surface area contributed by atoms with Crippen LogP contribution in [0.5, 0.6) is 0 Å². The molecule has 0 saturated carbocycles. The lowest BCUT2D eigenvalue weighted by atomic mass is 9.97. The SMILES string of the molecule is O=C(O)CCCCC(=O)NCc1ccccc1-c1ccc([C@@H]2O[C@H](CSc3cccc[n+]3[O-])C[C@H](c3ccc(CO)cc3)O2)cc1. The maximum Gasteiger partial charge on any atom is 0.303 e. The topological polar surface area (TPSA) is 132 Å². The summed E-state index contributed by atoms with van der Waals surface area (Å²) in [6.07, 6.45) is 2.43. The molecule has 0 spiro atoms. The van der Waals surface area contributed by atoms with Gasteiger partial charge in [-0.3, -0.25) is 9.59 Å². The first-order chi connectivity index (χ1) is 22.4. The Hall–Kier alpha value is -4.22. The summed E-state index contributed by atoms with van der Waals surface area (Å²) in [6, 6.07) is 29.0. The van der Waals surface area contributed by atoms with Crippen molar-refractivity contribution < 1.29 is 34.0 Å². The van der Waals surface area contributed by atoms with E-state index < -0.39 is 12.3 Å². The number of aromatic nitrogens is 1. The molecule has 4 aromatic rings. The molecule has 9 nitrogen and oxygen atoms in total. The predicted octanol–water partition coefficient (Wildman–Crippen LogP) is 6.08. The second-order valence-corrected chi connectivity index (χ2v) is 12.2. The largest absolute Gasteiger partial charge is 0.618 e. The number of ether oxygens (including phenoxy) is 2. The molecule has 1 amide bonds. The van der Waals surface area contributed by atoms with Gasteiger partial charge in [0.25, 0.3) is 5.03 Å². The Balaban J connectivity index is 1.28. The van der Waals surface area contributed by atoms with Gasteiger partial charge >= 0.3 is 5.97 Å². The summed E-state index contributed by atoms with van der Waals surface area (Å²) < 4.78 is 13.8. The van der Waals surface area contributed by atoms with E-state index in [1.807, 2.05) is 78.9 Å². The number of nitrogens with zero attached hydrogens (tertiary/aromatic N) is 1. The fourth-order valence-corrected chi connectivity index (χ4v) is 6.28. The molecule has 1 aromatic heterocycles. The third kappa shape index (κ3) is 9.17. The van der Waals surface area contributed by atoms with E-state index in [9.17, 15) is 19.9 Å². The van der Waals surface area contributed by atoms with Crippen molar-refractivity contribution in [1.82, 2.24) is 5.32 Å². The highest BCUT2D eigenvalue weighted by Crippen LogP contribution is 2.39. The summed E-state index contributed by atoms with van der Waals surface area (Å²) in [7, 11) is 0. The van der Waals surface area contributed by atoms with Gasteiger partial charge in [-0.15, -0.1) is 0 Å². The Kier molecular flexibility index (Phi) is 11.8. The first kappa shape index (κ1) is 33.2. The van der Waals surface area contributed by atoms with E-state index in [-0.39, 0.29) is 31.1 Å². The van der Waals surface area contributed by atoms with Gasteiger partial charge in [0, 0.05) is 49.3 Å². The van der Waals surface area contributed by atoms with Crippen molar-refractivity contribution in [3.05, 3.63) is 125 Å². The zero-order valence-electron chi connectivity index (χ0n) is 25.4. The predicted molar refractivity (Wildman–Crippen MR) is 174 cm³/mol. The second-order valence-electron chi connectivity index (χ2n) is 11.2. The zero-order valence-corrected chi connectivity index (χ0v) is 26.2. The van der Waals surface area contributed by atoms with Crippen LogP contribution in [0, 0.1) is 5.21 Å². The summed E-state index contributed by atoms with van der Waals surface area (Å²) >= 11 is 1.45. The fourth-order valence-electron chi connectivity index (χ4n) is 5.35. The van der Waals surface area contributed by atoms with Crippen molar-refractivity contribution in [3.8, 4) is 11.1 Å². The maximum absolute atomic E-state index is 12.3. The van der Waals surface area contributed by atoms with Crippen LogP contribution in [-0.4, -0.2) is 33.9 Å². The number of carbonyl (C=O) groups is 2. The molecular weight excluding hydrogens is 604 g/mol. The lowest BCUT2D eigenvalue weighted by molar-refractivity contribution is -0.645. The molecule has 0 unspecified atom stereocenters. The van der Waals surface area contributed by atoms with Crippen LogP contribution in [0.3, 0.4) is 0 Å². The average Bonchev–Trinajstić information content (AvgIpc) is 3.09. The average molecular weight is 643 g/mol. The molecule has 2 heterocycles. The number of pyridine rings is 1. The van der Waals surface area contributed by atoms with Gasteiger partial charge in [-0.2, -0.15) is 4.73 Å². The molecule has 3 atom stereocenters. The lowest BCUT2D eigenvalue weighted by Gasteiger charge is -2.36. The van der Waals surface area contributed by atoms with Crippen molar-refractivity contribution in [2.24, 2.45) is 0 Å². The number of amides is 1. The van der Waals surface area contributed by atoms with Crippen LogP contribution in [0.25, 0.3) is 11.1 Å². The van der Waals surface area contributed by atoms with Crippen molar-refractivity contribution in [3.63, 3.8) is 0 Å². The molecule has 1 aliphatic heterocycles. The van der Waals surface area contributed by atoms with E-state index in [0.717, 1.165) is 38.1 Å². The van der Waals surface area contributed by atoms with Gasteiger partial charge < -0.3 is 30.2 Å². The van der Waals surface area contributed by atoms with E-state index in [2.05, 4.69) is 5.32 Å². The number of aliphatic hydroxyl groups is 1. The van der Waals surface area contributed by atoms with Gasteiger partial charge in [0.05, 0.1) is 18.8 Å². The number of unbranched alkanes of at least 4 members (excludes halogenated alkanes) is 1. The van der Waals surface area contributed by atoms with Crippen LogP contribution < -0.4 is 10.0 Å². The molecule has 240 valence electrons. The van der Waals surface area contributed by atoms with Crippen molar-refractivity contribution >= 4 is 23.6 Å². The molecule has 1 saturated heterocycles. The Morgan fingerprint density at radius 2 is 1.61 bits per heavy atom. The highest BCUT2D eigenvalue weighted by atomic mass is 32.2. The minimum Gasteiger partial charge on any atom is -0.618 e. The zero-order chi connectivity index (χ0) is 32.3.